The number of thiazole rings is 1. The molecular weight excluding hydrogens is 323 g/mol. The fraction of sp³-hybridized carbons (Fsp3) is 0.125. The zero-order valence-corrected chi connectivity index (χ0v) is 13.3. The molecule has 112 valence electrons. The summed E-state index contributed by atoms with van der Waals surface area (Å²) in [6.07, 6.45) is 0. The molecule has 1 heterocycles. The highest BCUT2D eigenvalue weighted by atomic mass is 35.5. The minimum absolute atomic E-state index is 0.361. The molecule has 1 aromatic heterocycles. The van der Waals surface area contributed by atoms with Crippen LogP contribution in [0.25, 0.3) is 10.2 Å². The third-order valence-corrected chi connectivity index (χ3v) is 4.53. The van der Waals surface area contributed by atoms with Crippen molar-refractivity contribution in [2.45, 2.75) is 13.5 Å². The SMILES string of the molecule is CCn1c(=NC(=O)c2ccc(F)cc2)sc2cc(Cl)ccc21. The Balaban J connectivity index is 2.12. The largest absolute Gasteiger partial charge is 0.317 e. The molecule has 0 saturated heterocycles. The lowest BCUT2D eigenvalue weighted by molar-refractivity contribution is 0.0998. The van der Waals surface area contributed by atoms with E-state index in [1.54, 1.807) is 0 Å². The van der Waals surface area contributed by atoms with Gasteiger partial charge < -0.3 is 4.57 Å². The Kier molecular flexibility index (Phi) is 4.09. The van der Waals surface area contributed by atoms with Crippen LogP contribution in [0.5, 0.6) is 0 Å². The minimum Gasteiger partial charge on any atom is -0.317 e. The van der Waals surface area contributed by atoms with E-state index in [9.17, 15) is 9.18 Å². The van der Waals surface area contributed by atoms with E-state index in [4.69, 9.17) is 11.6 Å². The first-order chi connectivity index (χ1) is 10.6. The van der Waals surface area contributed by atoms with E-state index in [-0.39, 0.29) is 11.7 Å². The summed E-state index contributed by atoms with van der Waals surface area (Å²) >= 11 is 7.41. The highest BCUT2D eigenvalue weighted by Gasteiger charge is 2.09. The summed E-state index contributed by atoms with van der Waals surface area (Å²) in [6.45, 7) is 2.68. The van der Waals surface area contributed by atoms with Gasteiger partial charge in [-0.2, -0.15) is 4.99 Å². The minimum atomic E-state index is -0.389. The van der Waals surface area contributed by atoms with E-state index in [0.717, 1.165) is 10.2 Å². The average molecular weight is 335 g/mol. The molecule has 0 N–H and O–H groups in total. The molecule has 0 fully saturated rings. The number of carbonyl (C=O) groups excluding carboxylic acids is 1. The van der Waals surface area contributed by atoms with Crippen molar-refractivity contribution in [3.05, 3.63) is 63.7 Å². The van der Waals surface area contributed by atoms with Crippen molar-refractivity contribution < 1.29 is 9.18 Å². The average Bonchev–Trinajstić information content (AvgIpc) is 2.83. The number of nitrogens with zero attached hydrogens (tertiary/aromatic N) is 2. The van der Waals surface area contributed by atoms with Gasteiger partial charge >= 0.3 is 0 Å². The number of amides is 1. The van der Waals surface area contributed by atoms with Crippen LogP contribution < -0.4 is 4.80 Å². The summed E-state index contributed by atoms with van der Waals surface area (Å²) < 4.78 is 15.8. The Hall–Kier alpha value is -1.98. The van der Waals surface area contributed by atoms with Gasteiger partial charge in [0.2, 0.25) is 0 Å². The number of carbonyl (C=O) groups is 1. The molecule has 3 aromatic rings. The second kappa shape index (κ2) is 6.02. The number of hydrogen-bond donors (Lipinski definition) is 0. The predicted octanol–water partition coefficient (Wildman–Crippen LogP) is 4.26. The Morgan fingerprint density at radius 2 is 2.00 bits per heavy atom. The van der Waals surface area contributed by atoms with Crippen molar-refractivity contribution in [2.24, 2.45) is 4.99 Å². The first-order valence-corrected chi connectivity index (χ1v) is 7.91. The molecule has 0 radical (unpaired) electrons. The van der Waals surface area contributed by atoms with E-state index in [2.05, 4.69) is 4.99 Å². The van der Waals surface area contributed by atoms with Gasteiger partial charge in [0.25, 0.3) is 5.91 Å². The Bertz CT molecular complexity index is 912. The van der Waals surface area contributed by atoms with Crippen molar-refractivity contribution in [2.75, 3.05) is 0 Å². The summed E-state index contributed by atoms with van der Waals surface area (Å²) in [5, 5.41) is 0.647. The van der Waals surface area contributed by atoms with E-state index in [1.165, 1.54) is 35.6 Å². The third kappa shape index (κ3) is 2.82. The summed E-state index contributed by atoms with van der Waals surface area (Å²) in [5.41, 5.74) is 1.35. The molecule has 0 saturated carbocycles. The molecule has 0 spiro atoms. The fourth-order valence-electron chi connectivity index (χ4n) is 2.18. The van der Waals surface area contributed by atoms with E-state index in [1.807, 2.05) is 29.7 Å². The first kappa shape index (κ1) is 14.9. The van der Waals surface area contributed by atoms with Gasteiger partial charge in [0.15, 0.2) is 4.80 Å². The van der Waals surface area contributed by atoms with Gasteiger partial charge in [-0.15, -0.1) is 0 Å². The van der Waals surface area contributed by atoms with Gasteiger partial charge in [-0.05, 0) is 49.4 Å². The van der Waals surface area contributed by atoms with Crippen LogP contribution in [0.2, 0.25) is 5.02 Å². The van der Waals surface area contributed by atoms with Crippen molar-refractivity contribution in [1.29, 1.82) is 0 Å². The van der Waals surface area contributed by atoms with Crippen LogP contribution in [0.1, 0.15) is 17.3 Å². The fourth-order valence-corrected chi connectivity index (χ4v) is 3.55. The van der Waals surface area contributed by atoms with Crippen molar-refractivity contribution in [3.63, 3.8) is 0 Å². The smallest absolute Gasteiger partial charge is 0.279 e. The molecular formula is C16H12ClFN2OS. The molecule has 0 unspecified atom stereocenters. The van der Waals surface area contributed by atoms with Gasteiger partial charge in [-0.3, -0.25) is 4.79 Å². The number of rotatable bonds is 2. The zero-order chi connectivity index (χ0) is 15.7. The van der Waals surface area contributed by atoms with E-state index in [0.29, 0.717) is 21.9 Å². The summed E-state index contributed by atoms with van der Waals surface area (Å²) in [7, 11) is 0. The maximum Gasteiger partial charge on any atom is 0.279 e. The lowest BCUT2D eigenvalue weighted by Crippen LogP contribution is -2.15. The molecule has 0 atom stereocenters. The topological polar surface area (TPSA) is 34.4 Å². The van der Waals surface area contributed by atoms with Crippen LogP contribution in [-0.4, -0.2) is 10.5 Å². The lowest BCUT2D eigenvalue weighted by Gasteiger charge is -2.00. The molecule has 0 aliphatic heterocycles. The molecule has 0 aliphatic rings. The molecule has 0 aliphatic carbocycles. The second-order valence-electron chi connectivity index (χ2n) is 4.66. The van der Waals surface area contributed by atoms with Crippen molar-refractivity contribution in [1.82, 2.24) is 4.57 Å². The number of fused-ring (bicyclic) bond motifs is 1. The van der Waals surface area contributed by atoms with Crippen molar-refractivity contribution in [3.8, 4) is 0 Å². The summed E-state index contributed by atoms with van der Waals surface area (Å²) in [4.78, 5) is 17.0. The molecule has 1 amide bonds. The number of aromatic nitrogens is 1. The van der Waals surface area contributed by atoms with Crippen LogP contribution in [0, 0.1) is 5.82 Å². The van der Waals surface area contributed by atoms with Crippen LogP contribution >= 0.6 is 22.9 Å². The number of aryl methyl sites for hydroxylation is 1. The number of halogens is 2. The van der Waals surface area contributed by atoms with Gasteiger partial charge in [-0.1, -0.05) is 22.9 Å². The standard InChI is InChI=1S/C16H12ClFN2OS/c1-2-20-13-8-5-11(17)9-14(13)22-16(20)19-15(21)10-3-6-12(18)7-4-10/h3-9H,2H2,1H3. The van der Waals surface area contributed by atoms with E-state index < -0.39 is 0 Å². The van der Waals surface area contributed by atoms with Crippen LogP contribution in [0.3, 0.4) is 0 Å². The Morgan fingerprint density at radius 3 is 2.68 bits per heavy atom. The summed E-state index contributed by atoms with van der Waals surface area (Å²) in [6, 6.07) is 11.0. The highest BCUT2D eigenvalue weighted by Crippen LogP contribution is 2.21. The maximum absolute atomic E-state index is 12.9. The third-order valence-electron chi connectivity index (χ3n) is 3.25. The van der Waals surface area contributed by atoms with E-state index >= 15 is 0 Å². The molecule has 6 heteroatoms. The van der Waals surface area contributed by atoms with Gasteiger partial charge in [0.1, 0.15) is 5.82 Å². The quantitative estimate of drug-likeness (QED) is 0.689. The van der Waals surface area contributed by atoms with Gasteiger partial charge in [0, 0.05) is 17.1 Å². The first-order valence-electron chi connectivity index (χ1n) is 6.72. The van der Waals surface area contributed by atoms with Crippen LogP contribution in [0.15, 0.2) is 47.5 Å². The molecule has 3 rings (SSSR count). The second-order valence-corrected chi connectivity index (χ2v) is 6.11. The van der Waals surface area contributed by atoms with Gasteiger partial charge in [-0.25, -0.2) is 4.39 Å². The monoisotopic (exact) mass is 334 g/mol. The number of benzene rings is 2. The maximum atomic E-state index is 12.9. The highest BCUT2D eigenvalue weighted by molar-refractivity contribution is 7.16. The van der Waals surface area contributed by atoms with Crippen LogP contribution in [-0.2, 0) is 6.54 Å². The molecule has 22 heavy (non-hydrogen) atoms. The number of hydrogen-bond acceptors (Lipinski definition) is 2. The predicted molar refractivity (Wildman–Crippen MR) is 86.8 cm³/mol. The Morgan fingerprint density at radius 1 is 1.27 bits per heavy atom. The lowest BCUT2D eigenvalue weighted by atomic mass is 10.2. The normalized spacial score (nSPS) is 12.0. The zero-order valence-electron chi connectivity index (χ0n) is 11.7. The molecule has 0 bridgehead atoms. The van der Waals surface area contributed by atoms with Gasteiger partial charge in [0.05, 0.1) is 10.2 Å². The van der Waals surface area contributed by atoms with Crippen molar-refractivity contribution >= 4 is 39.1 Å². The Labute approximate surface area is 135 Å². The molecule has 2 aromatic carbocycles. The van der Waals surface area contributed by atoms with Crippen LogP contribution in [0.4, 0.5) is 4.39 Å². The molecule has 3 nitrogen and oxygen atoms in total. The summed E-state index contributed by atoms with van der Waals surface area (Å²) in [5.74, 6) is -0.767.